The number of hydrogen-bond acceptors (Lipinski definition) is 5. The second kappa shape index (κ2) is 9.01. The average molecular weight is 401 g/mol. The summed E-state index contributed by atoms with van der Waals surface area (Å²) in [4.78, 5) is 39.1. The van der Waals surface area contributed by atoms with Crippen molar-refractivity contribution in [2.24, 2.45) is 0 Å². The molecule has 1 aliphatic carbocycles. The highest BCUT2D eigenvalue weighted by molar-refractivity contribution is 7.10. The van der Waals surface area contributed by atoms with Gasteiger partial charge in [-0.05, 0) is 50.3 Å². The Morgan fingerprint density at radius 3 is 2.61 bits per heavy atom. The monoisotopic (exact) mass is 400 g/mol. The van der Waals surface area contributed by atoms with Gasteiger partial charge in [0.15, 0.2) is 6.61 Å². The molecule has 0 spiro atoms. The largest absolute Gasteiger partial charge is 0.452 e. The van der Waals surface area contributed by atoms with E-state index in [4.69, 9.17) is 4.74 Å². The molecule has 0 atom stereocenters. The SMILES string of the molecule is Cc1ccc(NC(=O)CN(C)C(=O)COC(=O)c2csc3c2CCCC3)cc1. The number of nitrogens with one attached hydrogen (secondary N) is 1. The van der Waals surface area contributed by atoms with Crippen molar-refractivity contribution in [3.63, 3.8) is 0 Å². The molecule has 7 heteroatoms. The second-order valence-electron chi connectivity index (χ2n) is 7.00. The molecule has 0 fully saturated rings. The summed E-state index contributed by atoms with van der Waals surface area (Å²) in [6.45, 7) is 1.47. The number of hydrogen-bond donors (Lipinski definition) is 1. The number of fused-ring (bicyclic) bond motifs is 1. The topological polar surface area (TPSA) is 75.7 Å². The summed E-state index contributed by atoms with van der Waals surface area (Å²) in [6.07, 6.45) is 4.11. The number of carbonyl (C=O) groups excluding carboxylic acids is 3. The Labute approximate surface area is 168 Å². The van der Waals surface area contributed by atoms with E-state index in [9.17, 15) is 14.4 Å². The maximum Gasteiger partial charge on any atom is 0.339 e. The molecule has 1 N–H and O–H groups in total. The molecule has 2 aromatic rings. The van der Waals surface area contributed by atoms with Gasteiger partial charge in [-0.15, -0.1) is 11.3 Å². The van der Waals surface area contributed by atoms with E-state index in [0.29, 0.717) is 11.3 Å². The van der Waals surface area contributed by atoms with Crippen molar-refractivity contribution in [1.29, 1.82) is 0 Å². The Bertz CT molecular complexity index is 873. The Kier molecular flexibility index (Phi) is 6.46. The maximum absolute atomic E-state index is 12.3. The fraction of sp³-hybridized carbons (Fsp3) is 0.381. The molecular formula is C21H24N2O4S. The first-order chi connectivity index (χ1) is 13.4. The maximum atomic E-state index is 12.3. The van der Waals surface area contributed by atoms with Gasteiger partial charge in [-0.25, -0.2) is 4.79 Å². The van der Waals surface area contributed by atoms with Gasteiger partial charge in [-0.3, -0.25) is 9.59 Å². The highest BCUT2D eigenvalue weighted by Crippen LogP contribution is 2.30. The molecule has 1 aliphatic rings. The number of carbonyl (C=O) groups is 3. The molecule has 6 nitrogen and oxygen atoms in total. The van der Waals surface area contributed by atoms with Crippen molar-refractivity contribution in [3.8, 4) is 0 Å². The lowest BCUT2D eigenvalue weighted by Crippen LogP contribution is -2.37. The van der Waals surface area contributed by atoms with Crippen molar-refractivity contribution < 1.29 is 19.1 Å². The quantitative estimate of drug-likeness (QED) is 0.756. The fourth-order valence-electron chi connectivity index (χ4n) is 3.12. The number of likely N-dealkylation sites (N-methyl/N-ethyl adjacent to an activating group) is 1. The van der Waals surface area contributed by atoms with E-state index in [0.717, 1.165) is 36.8 Å². The number of amides is 2. The van der Waals surface area contributed by atoms with Gasteiger partial charge in [0.2, 0.25) is 5.91 Å². The van der Waals surface area contributed by atoms with Crippen LogP contribution in [0.25, 0.3) is 0 Å². The molecular weight excluding hydrogens is 376 g/mol. The molecule has 0 saturated heterocycles. The summed E-state index contributed by atoms with van der Waals surface area (Å²) in [5, 5.41) is 4.56. The molecule has 148 valence electrons. The van der Waals surface area contributed by atoms with Gasteiger partial charge in [-0.2, -0.15) is 0 Å². The Morgan fingerprint density at radius 2 is 1.86 bits per heavy atom. The molecule has 3 rings (SSSR count). The number of thiophene rings is 1. The number of rotatable bonds is 6. The highest BCUT2D eigenvalue weighted by atomic mass is 32.1. The van der Waals surface area contributed by atoms with Gasteiger partial charge >= 0.3 is 5.97 Å². The molecule has 0 aliphatic heterocycles. The van der Waals surface area contributed by atoms with E-state index in [1.54, 1.807) is 23.5 Å². The van der Waals surface area contributed by atoms with Gasteiger partial charge in [0.05, 0.1) is 12.1 Å². The van der Waals surface area contributed by atoms with Crippen LogP contribution < -0.4 is 5.32 Å². The molecule has 0 unspecified atom stereocenters. The Balaban J connectivity index is 1.47. The number of ether oxygens (including phenoxy) is 1. The lowest BCUT2D eigenvalue weighted by molar-refractivity contribution is -0.136. The van der Waals surface area contributed by atoms with Crippen LogP contribution in [-0.4, -0.2) is 42.9 Å². The lowest BCUT2D eigenvalue weighted by Gasteiger charge is -2.17. The predicted octanol–water partition coefficient (Wildman–Crippen LogP) is 3.19. The summed E-state index contributed by atoms with van der Waals surface area (Å²) in [5.41, 5.74) is 3.41. The third-order valence-corrected chi connectivity index (χ3v) is 5.84. The van der Waals surface area contributed by atoms with Gasteiger partial charge < -0.3 is 15.0 Å². The van der Waals surface area contributed by atoms with Crippen LogP contribution in [-0.2, 0) is 27.2 Å². The van der Waals surface area contributed by atoms with E-state index in [2.05, 4.69) is 5.32 Å². The van der Waals surface area contributed by atoms with Gasteiger partial charge in [0, 0.05) is 23.0 Å². The normalized spacial score (nSPS) is 12.8. The number of benzene rings is 1. The second-order valence-corrected chi connectivity index (χ2v) is 7.96. The predicted molar refractivity (Wildman–Crippen MR) is 109 cm³/mol. The minimum atomic E-state index is -0.467. The molecule has 1 heterocycles. The molecule has 28 heavy (non-hydrogen) atoms. The van der Waals surface area contributed by atoms with Crippen molar-refractivity contribution in [2.75, 3.05) is 25.5 Å². The third kappa shape index (κ3) is 4.98. The van der Waals surface area contributed by atoms with Gasteiger partial charge in [0.1, 0.15) is 0 Å². The summed E-state index contributed by atoms with van der Waals surface area (Å²) >= 11 is 1.58. The highest BCUT2D eigenvalue weighted by Gasteiger charge is 2.22. The first-order valence-electron chi connectivity index (χ1n) is 9.31. The number of nitrogens with zero attached hydrogens (tertiary/aromatic N) is 1. The smallest absolute Gasteiger partial charge is 0.339 e. The standard InChI is InChI=1S/C21H24N2O4S/c1-14-7-9-15(10-8-14)22-19(24)11-23(2)20(25)12-27-21(26)17-13-28-18-6-4-3-5-16(17)18/h7-10,13H,3-6,11-12H2,1-2H3,(H,22,24). The molecule has 2 amide bonds. The van der Waals surface area contributed by atoms with E-state index in [1.807, 2.05) is 24.4 Å². The van der Waals surface area contributed by atoms with Crippen LogP contribution in [0.1, 0.15) is 39.2 Å². The molecule has 1 aromatic heterocycles. The fourth-order valence-corrected chi connectivity index (χ4v) is 4.24. The van der Waals surface area contributed by atoms with Crippen LogP contribution >= 0.6 is 11.3 Å². The molecule has 0 bridgehead atoms. The Hall–Kier alpha value is -2.67. The van der Waals surface area contributed by atoms with E-state index >= 15 is 0 Å². The van der Waals surface area contributed by atoms with Crippen LogP contribution in [0.5, 0.6) is 0 Å². The van der Waals surface area contributed by atoms with Gasteiger partial charge in [0.25, 0.3) is 5.91 Å². The third-order valence-electron chi connectivity index (χ3n) is 4.75. The van der Waals surface area contributed by atoms with Crippen LogP contribution in [0.4, 0.5) is 5.69 Å². The van der Waals surface area contributed by atoms with Gasteiger partial charge in [-0.1, -0.05) is 17.7 Å². The molecule has 0 radical (unpaired) electrons. The summed E-state index contributed by atoms with van der Waals surface area (Å²) in [7, 11) is 1.51. The van der Waals surface area contributed by atoms with Crippen molar-refractivity contribution in [1.82, 2.24) is 4.90 Å². The summed E-state index contributed by atoms with van der Waals surface area (Å²) in [5.74, 6) is -1.19. The van der Waals surface area contributed by atoms with E-state index in [-0.39, 0.29) is 19.1 Å². The minimum Gasteiger partial charge on any atom is -0.452 e. The zero-order valence-electron chi connectivity index (χ0n) is 16.1. The first-order valence-corrected chi connectivity index (χ1v) is 10.2. The van der Waals surface area contributed by atoms with Crippen LogP contribution in [0, 0.1) is 6.92 Å². The van der Waals surface area contributed by atoms with Crippen LogP contribution in [0.2, 0.25) is 0 Å². The number of anilines is 1. The van der Waals surface area contributed by atoms with Crippen molar-refractivity contribution in [3.05, 3.63) is 51.2 Å². The average Bonchev–Trinajstić information content (AvgIpc) is 3.11. The zero-order chi connectivity index (χ0) is 20.1. The van der Waals surface area contributed by atoms with Crippen LogP contribution in [0.15, 0.2) is 29.6 Å². The van der Waals surface area contributed by atoms with Crippen molar-refractivity contribution in [2.45, 2.75) is 32.6 Å². The molecule has 0 saturated carbocycles. The molecule has 1 aromatic carbocycles. The minimum absolute atomic E-state index is 0.113. The summed E-state index contributed by atoms with van der Waals surface area (Å²) in [6, 6.07) is 7.40. The van der Waals surface area contributed by atoms with E-state index in [1.165, 1.54) is 16.8 Å². The van der Waals surface area contributed by atoms with Crippen molar-refractivity contribution >= 4 is 34.8 Å². The van der Waals surface area contributed by atoms with Crippen LogP contribution in [0.3, 0.4) is 0 Å². The Morgan fingerprint density at radius 1 is 1.14 bits per heavy atom. The summed E-state index contributed by atoms with van der Waals surface area (Å²) < 4.78 is 5.19. The first kappa shape index (κ1) is 20.1. The van der Waals surface area contributed by atoms with E-state index < -0.39 is 11.9 Å². The lowest BCUT2D eigenvalue weighted by atomic mass is 9.96. The zero-order valence-corrected chi connectivity index (χ0v) is 16.9. The number of aryl methyl sites for hydroxylation is 2. The number of esters is 1.